The second-order valence-corrected chi connectivity index (χ2v) is 8.53. The highest BCUT2D eigenvalue weighted by Crippen LogP contribution is 2.25. The van der Waals surface area contributed by atoms with E-state index in [1.807, 2.05) is 36.4 Å². The van der Waals surface area contributed by atoms with E-state index in [0.29, 0.717) is 28.7 Å². The molecule has 6 rings (SSSR count). The average molecular weight is 450 g/mol. The second-order valence-electron chi connectivity index (χ2n) is 8.53. The molecular weight excluding hydrogens is 426 g/mol. The Bertz CT molecular complexity index is 1630. The first-order valence-electron chi connectivity index (χ1n) is 11.6. The van der Waals surface area contributed by atoms with Crippen molar-refractivity contribution >= 4 is 39.4 Å². The van der Waals surface area contributed by atoms with Gasteiger partial charge >= 0.3 is 0 Å². The monoisotopic (exact) mass is 449 g/mol. The normalized spacial score (nSPS) is 14.4. The van der Waals surface area contributed by atoms with Crippen molar-refractivity contribution in [2.24, 2.45) is 5.10 Å². The largest absolute Gasteiger partial charge is 0.298 e. The van der Waals surface area contributed by atoms with Gasteiger partial charge in [0.2, 0.25) is 0 Å². The minimum Gasteiger partial charge on any atom is -0.298 e. The molecule has 0 bridgehead atoms. The highest BCUT2D eigenvalue weighted by Gasteiger charge is 2.20. The summed E-state index contributed by atoms with van der Waals surface area (Å²) in [6, 6.07) is 11.4. The number of hydrogen-bond donors (Lipinski definition) is 0. The molecule has 0 spiro atoms. The Morgan fingerprint density at radius 3 is 2.71 bits per heavy atom. The van der Waals surface area contributed by atoms with Crippen molar-refractivity contribution in [2.75, 3.05) is 0 Å². The van der Waals surface area contributed by atoms with Crippen molar-refractivity contribution in [1.82, 2.24) is 29.2 Å². The molecular formula is C26H23N7O. The third-order valence-electron chi connectivity index (χ3n) is 6.27. The lowest BCUT2D eigenvalue weighted by Gasteiger charge is -2.13. The summed E-state index contributed by atoms with van der Waals surface area (Å²) in [7, 11) is 0. The molecule has 1 aliphatic carbocycles. The Labute approximate surface area is 195 Å². The Balaban J connectivity index is 1.52. The van der Waals surface area contributed by atoms with E-state index >= 15 is 0 Å². The Morgan fingerprint density at radius 2 is 1.91 bits per heavy atom. The van der Waals surface area contributed by atoms with E-state index in [1.54, 1.807) is 34.2 Å². The zero-order valence-corrected chi connectivity index (χ0v) is 18.6. The summed E-state index contributed by atoms with van der Waals surface area (Å²) in [4.78, 5) is 32.0. The smallest absolute Gasteiger partial charge is 0.265 e. The van der Waals surface area contributed by atoms with Crippen LogP contribution in [-0.4, -0.2) is 35.4 Å². The number of nitrogens with zero attached hydrogens (tertiary/aromatic N) is 7. The van der Waals surface area contributed by atoms with Gasteiger partial charge in [0.15, 0.2) is 11.3 Å². The van der Waals surface area contributed by atoms with Crippen LogP contribution in [0.25, 0.3) is 33.2 Å². The highest BCUT2D eigenvalue weighted by atomic mass is 16.1. The average Bonchev–Trinajstić information content (AvgIpc) is 3.20. The SMILES string of the molecule is O=c1c2c3nc4ccccc4nc3n(N=Cc3cccnc3)c2ncn1CCC1=CCCCC1. The number of allylic oxidation sites excluding steroid dienone is 2. The lowest BCUT2D eigenvalue weighted by molar-refractivity contribution is 0.610. The summed E-state index contributed by atoms with van der Waals surface area (Å²) in [5, 5.41) is 5.06. The summed E-state index contributed by atoms with van der Waals surface area (Å²) < 4.78 is 3.29. The van der Waals surface area contributed by atoms with Crippen molar-refractivity contribution in [2.45, 2.75) is 38.6 Å². The molecule has 0 unspecified atom stereocenters. The summed E-state index contributed by atoms with van der Waals surface area (Å²) in [5.74, 6) is 0. The molecule has 34 heavy (non-hydrogen) atoms. The van der Waals surface area contributed by atoms with E-state index in [1.165, 1.54) is 18.4 Å². The minimum absolute atomic E-state index is 0.119. The third kappa shape index (κ3) is 3.67. The maximum Gasteiger partial charge on any atom is 0.265 e. The van der Waals surface area contributed by atoms with Crippen LogP contribution in [0.4, 0.5) is 0 Å². The second kappa shape index (κ2) is 8.62. The van der Waals surface area contributed by atoms with Gasteiger partial charge in [0.05, 0.1) is 23.6 Å². The molecule has 0 fully saturated rings. The van der Waals surface area contributed by atoms with Crippen molar-refractivity contribution < 1.29 is 0 Å². The maximum atomic E-state index is 13.6. The van der Waals surface area contributed by atoms with E-state index in [4.69, 9.17) is 9.97 Å². The Hall–Kier alpha value is -4.20. The Kier molecular flexibility index (Phi) is 5.18. The molecule has 5 aromatic rings. The molecule has 0 radical (unpaired) electrons. The number of pyridine rings is 1. The summed E-state index contributed by atoms with van der Waals surface area (Å²) in [6.45, 7) is 0.597. The predicted molar refractivity (Wildman–Crippen MR) is 133 cm³/mol. The van der Waals surface area contributed by atoms with E-state index in [9.17, 15) is 4.79 Å². The molecule has 1 aliphatic rings. The van der Waals surface area contributed by atoms with Crippen LogP contribution in [0.5, 0.6) is 0 Å². The van der Waals surface area contributed by atoms with Crippen molar-refractivity contribution in [1.29, 1.82) is 0 Å². The molecule has 8 heteroatoms. The van der Waals surface area contributed by atoms with E-state index in [-0.39, 0.29) is 5.56 Å². The van der Waals surface area contributed by atoms with E-state index in [2.05, 4.69) is 21.1 Å². The molecule has 0 N–H and O–H groups in total. The molecule has 0 amide bonds. The summed E-state index contributed by atoms with van der Waals surface area (Å²) in [6.07, 6.45) is 14.6. The number of aromatic nitrogens is 6. The fourth-order valence-corrected chi connectivity index (χ4v) is 4.50. The maximum absolute atomic E-state index is 13.6. The molecule has 0 saturated heterocycles. The molecule has 4 heterocycles. The number of rotatable bonds is 5. The van der Waals surface area contributed by atoms with Crippen LogP contribution in [0.15, 0.2) is 76.7 Å². The van der Waals surface area contributed by atoms with Crippen molar-refractivity contribution in [3.63, 3.8) is 0 Å². The number of aryl methyl sites for hydroxylation is 1. The quantitative estimate of drug-likeness (QED) is 0.292. The number of fused-ring (bicyclic) bond motifs is 4. The predicted octanol–water partition coefficient (Wildman–Crippen LogP) is 4.46. The van der Waals surface area contributed by atoms with Crippen LogP contribution in [0.3, 0.4) is 0 Å². The molecule has 0 atom stereocenters. The molecule has 168 valence electrons. The molecule has 0 saturated carbocycles. The molecule has 1 aromatic carbocycles. The lowest BCUT2D eigenvalue weighted by Crippen LogP contribution is -2.21. The lowest BCUT2D eigenvalue weighted by atomic mass is 9.97. The van der Waals surface area contributed by atoms with E-state index in [0.717, 1.165) is 35.9 Å². The number of hydrogen-bond acceptors (Lipinski definition) is 6. The summed E-state index contributed by atoms with van der Waals surface area (Å²) in [5.41, 5.74) is 5.07. The first-order valence-corrected chi connectivity index (χ1v) is 11.6. The van der Waals surface area contributed by atoms with Gasteiger partial charge in [0.1, 0.15) is 10.9 Å². The van der Waals surface area contributed by atoms with Gasteiger partial charge in [0, 0.05) is 24.5 Å². The van der Waals surface area contributed by atoms with Gasteiger partial charge < -0.3 is 0 Å². The van der Waals surface area contributed by atoms with Crippen LogP contribution < -0.4 is 5.56 Å². The standard InChI is InChI=1S/C26H23N7O/c34-26-22-23-25(31-21-11-5-4-10-20(21)30-23)33(29-16-19-9-6-13-27-15-19)24(22)28-17-32(26)14-12-18-7-2-1-3-8-18/h4-7,9-11,13,15-17H,1-3,8,12,14H2. The minimum atomic E-state index is -0.119. The molecule has 0 aliphatic heterocycles. The van der Waals surface area contributed by atoms with Gasteiger partial charge in [-0.15, -0.1) is 0 Å². The number of benzene rings is 1. The summed E-state index contributed by atoms with van der Waals surface area (Å²) >= 11 is 0. The number of para-hydroxylation sites is 2. The fourth-order valence-electron chi connectivity index (χ4n) is 4.50. The molecule has 8 nitrogen and oxygen atoms in total. The van der Waals surface area contributed by atoms with Crippen LogP contribution >= 0.6 is 0 Å². The Morgan fingerprint density at radius 1 is 1.03 bits per heavy atom. The van der Waals surface area contributed by atoms with Gasteiger partial charge in [0.25, 0.3) is 5.56 Å². The van der Waals surface area contributed by atoms with Gasteiger partial charge in [-0.05, 0) is 50.3 Å². The zero-order chi connectivity index (χ0) is 22.9. The van der Waals surface area contributed by atoms with Crippen molar-refractivity contribution in [3.05, 3.63) is 82.7 Å². The van der Waals surface area contributed by atoms with Crippen LogP contribution in [0.1, 0.15) is 37.7 Å². The van der Waals surface area contributed by atoms with Crippen molar-refractivity contribution in [3.8, 4) is 0 Å². The highest BCUT2D eigenvalue weighted by molar-refractivity contribution is 6.04. The molecule has 4 aromatic heterocycles. The fraction of sp³-hybridized carbons (Fsp3) is 0.231. The van der Waals surface area contributed by atoms with Crippen LogP contribution in [0, 0.1) is 0 Å². The third-order valence-corrected chi connectivity index (χ3v) is 6.27. The van der Waals surface area contributed by atoms with Gasteiger partial charge in [-0.3, -0.25) is 14.3 Å². The first kappa shape index (κ1) is 20.4. The van der Waals surface area contributed by atoms with Gasteiger partial charge in [-0.25, -0.2) is 15.0 Å². The van der Waals surface area contributed by atoms with Crippen LogP contribution in [0.2, 0.25) is 0 Å². The van der Waals surface area contributed by atoms with E-state index < -0.39 is 0 Å². The topological polar surface area (TPSA) is 90.8 Å². The first-order chi connectivity index (χ1) is 16.8. The van der Waals surface area contributed by atoms with Gasteiger partial charge in [-0.2, -0.15) is 9.78 Å². The zero-order valence-electron chi connectivity index (χ0n) is 18.6. The van der Waals surface area contributed by atoms with Gasteiger partial charge in [-0.1, -0.05) is 29.8 Å². The van der Waals surface area contributed by atoms with Crippen LogP contribution in [-0.2, 0) is 6.54 Å².